The minimum atomic E-state index is -1.01. The second-order valence-electron chi connectivity index (χ2n) is 7.02. The molecule has 1 aliphatic carbocycles. The number of ether oxygens (including phenoxy) is 1. The van der Waals surface area contributed by atoms with Gasteiger partial charge in [0.05, 0.1) is 30.7 Å². The normalized spacial score (nSPS) is 17.3. The van der Waals surface area contributed by atoms with E-state index >= 15 is 0 Å². The van der Waals surface area contributed by atoms with Crippen molar-refractivity contribution in [3.05, 3.63) is 39.8 Å². The van der Waals surface area contributed by atoms with Crippen LogP contribution in [0.1, 0.15) is 30.0 Å². The van der Waals surface area contributed by atoms with E-state index < -0.39 is 5.97 Å². The standard InChI is InChI=1S/C19H21N3O5/c23-16(21-6-8-27-9-7-21)11-22-19(26)14-3-1-2-13(12-4-5-12)18(14)15(20-22)10-17(24)25/h1-3,12H,4-11H2,(H,24,25). The van der Waals surface area contributed by atoms with E-state index in [-0.39, 0.29) is 24.4 Å². The van der Waals surface area contributed by atoms with Gasteiger partial charge in [-0.2, -0.15) is 5.10 Å². The number of carbonyl (C=O) groups is 2. The van der Waals surface area contributed by atoms with Gasteiger partial charge < -0.3 is 14.7 Å². The number of morpholine rings is 1. The Bertz CT molecular complexity index is 958. The van der Waals surface area contributed by atoms with Crippen molar-refractivity contribution in [3.8, 4) is 0 Å². The van der Waals surface area contributed by atoms with Crippen LogP contribution in [0.2, 0.25) is 0 Å². The molecule has 0 bridgehead atoms. The highest BCUT2D eigenvalue weighted by atomic mass is 16.5. The lowest BCUT2D eigenvalue weighted by Crippen LogP contribution is -2.44. The van der Waals surface area contributed by atoms with Crippen LogP contribution in [0.4, 0.5) is 0 Å². The summed E-state index contributed by atoms with van der Waals surface area (Å²) in [6.07, 6.45) is 1.78. The molecule has 1 aliphatic heterocycles. The Labute approximate surface area is 155 Å². The first-order valence-corrected chi connectivity index (χ1v) is 9.14. The zero-order valence-corrected chi connectivity index (χ0v) is 14.9. The molecule has 8 heteroatoms. The van der Waals surface area contributed by atoms with Crippen molar-refractivity contribution in [2.75, 3.05) is 26.3 Å². The molecule has 0 radical (unpaired) electrons. The van der Waals surface area contributed by atoms with Gasteiger partial charge in [0.2, 0.25) is 5.91 Å². The number of nitrogens with zero attached hydrogens (tertiary/aromatic N) is 3. The van der Waals surface area contributed by atoms with E-state index in [2.05, 4.69) is 5.10 Å². The first-order valence-electron chi connectivity index (χ1n) is 9.14. The highest BCUT2D eigenvalue weighted by Gasteiger charge is 2.28. The van der Waals surface area contributed by atoms with E-state index in [9.17, 15) is 19.5 Å². The van der Waals surface area contributed by atoms with Crippen LogP contribution >= 0.6 is 0 Å². The monoisotopic (exact) mass is 371 g/mol. The number of amides is 1. The summed E-state index contributed by atoms with van der Waals surface area (Å²) in [5.74, 6) is -0.876. The zero-order chi connectivity index (χ0) is 19.0. The van der Waals surface area contributed by atoms with Crippen molar-refractivity contribution in [3.63, 3.8) is 0 Å². The molecule has 4 rings (SSSR count). The van der Waals surface area contributed by atoms with E-state index in [1.807, 2.05) is 12.1 Å². The number of hydrogen-bond donors (Lipinski definition) is 1. The minimum absolute atomic E-state index is 0.199. The van der Waals surface area contributed by atoms with Crippen LogP contribution in [0.3, 0.4) is 0 Å². The number of carboxylic acids is 1. The second-order valence-corrected chi connectivity index (χ2v) is 7.02. The van der Waals surface area contributed by atoms with Crippen LogP contribution in [0, 0.1) is 0 Å². The van der Waals surface area contributed by atoms with Crippen LogP contribution in [0.25, 0.3) is 10.8 Å². The van der Waals surface area contributed by atoms with Gasteiger partial charge in [-0.1, -0.05) is 12.1 Å². The maximum absolute atomic E-state index is 12.9. The number of aromatic nitrogens is 2. The van der Waals surface area contributed by atoms with E-state index in [1.165, 1.54) is 0 Å². The van der Waals surface area contributed by atoms with Gasteiger partial charge in [0.15, 0.2) is 0 Å². The molecule has 0 spiro atoms. The molecule has 2 heterocycles. The molecule has 0 unspecified atom stereocenters. The summed E-state index contributed by atoms with van der Waals surface area (Å²) in [4.78, 5) is 38.5. The highest BCUT2D eigenvalue weighted by Crippen LogP contribution is 2.43. The van der Waals surface area contributed by atoms with Crippen molar-refractivity contribution in [1.29, 1.82) is 0 Å². The molecule has 1 amide bonds. The van der Waals surface area contributed by atoms with Crippen LogP contribution in [-0.4, -0.2) is 58.0 Å². The summed E-state index contributed by atoms with van der Waals surface area (Å²) < 4.78 is 6.35. The third-order valence-corrected chi connectivity index (χ3v) is 5.08. The van der Waals surface area contributed by atoms with Crippen molar-refractivity contribution in [2.45, 2.75) is 31.7 Å². The molecule has 142 valence electrons. The molecular weight excluding hydrogens is 350 g/mol. The zero-order valence-electron chi connectivity index (χ0n) is 14.9. The van der Waals surface area contributed by atoms with E-state index in [0.717, 1.165) is 23.1 Å². The Kier molecular flexibility index (Phi) is 4.65. The lowest BCUT2D eigenvalue weighted by atomic mass is 9.99. The van der Waals surface area contributed by atoms with Crippen molar-refractivity contribution in [2.24, 2.45) is 0 Å². The Morgan fingerprint density at radius 2 is 1.96 bits per heavy atom. The maximum Gasteiger partial charge on any atom is 0.309 e. The van der Waals surface area contributed by atoms with Gasteiger partial charge in [0.1, 0.15) is 6.54 Å². The third-order valence-electron chi connectivity index (χ3n) is 5.08. The number of carboxylic acid groups (broad SMARTS) is 1. The Balaban J connectivity index is 1.77. The Morgan fingerprint density at radius 1 is 1.22 bits per heavy atom. The quantitative estimate of drug-likeness (QED) is 0.833. The molecule has 27 heavy (non-hydrogen) atoms. The molecular formula is C19H21N3O5. The first kappa shape index (κ1) is 17.7. The first-order chi connectivity index (χ1) is 13.0. The Morgan fingerprint density at radius 3 is 2.63 bits per heavy atom. The average Bonchev–Trinajstić information content (AvgIpc) is 3.50. The number of fused-ring (bicyclic) bond motifs is 1. The smallest absolute Gasteiger partial charge is 0.309 e. The van der Waals surface area contributed by atoms with Crippen molar-refractivity contribution in [1.82, 2.24) is 14.7 Å². The van der Waals surface area contributed by atoms with E-state index in [4.69, 9.17) is 4.74 Å². The molecule has 1 N–H and O–H groups in total. The molecule has 0 atom stereocenters. The fourth-order valence-electron chi connectivity index (χ4n) is 3.60. The predicted octanol–water partition coefficient (Wildman–Crippen LogP) is 0.760. The molecule has 2 fully saturated rings. The fraction of sp³-hybridized carbons (Fsp3) is 0.474. The summed E-state index contributed by atoms with van der Waals surface area (Å²) in [5, 5.41) is 14.7. The number of aliphatic carboxylic acids is 1. The molecule has 1 aromatic carbocycles. The lowest BCUT2D eigenvalue weighted by molar-refractivity contribution is -0.136. The van der Waals surface area contributed by atoms with Gasteiger partial charge in [-0.15, -0.1) is 0 Å². The van der Waals surface area contributed by atoms with Gasteiger partial charge in [-0.25, -0.2) is 4.68 Å². The molecule has 2 aliphatic rings. The number of rotatable bonds is 5. The highest BCUT2D eigenvalue weighted by molar-refractivity contribution is 5.90. The van der Waals surface area contributed by atoms with Crippen LogP contribution in [-0.2, 0) is 27.3 Å². The molecule has 1 aromatic heterocycles. The van der Waals surface area contributed by atoms with Crippen LogP contribution < -0.4 is 5.56 Å². The van der Waals surface area contributed by atoms with E-state index in [1.54, 1.807) is 11.0 Å². The average molecular weight is 371 g/mol. The molecule has 2 aromatic rings. The SMILES string of the molecule is O=C(O)Cc1nn(CC(=O)N2CCOCC2)c(=O)c2cccc(C3CC3)c12. The second kappa shape index (κ2) is 7.11. The van der Waals surface area contributed by atoms with Gasteiger partial charge in [-0.3, -0.25) is 14.4 Å². The number of benzene rings is 1. The lowest BCUT2D eigenvalue weighted by Gasteiger charge is -2.27. The van der Waals surface area contributed by atoms with Crippen molar-refractivity contribution >= 4 is 22.6 Å². The number of hydrogen-bond acceptors (Lipinski definition) is 5. The van der Waals surface area contributed by atoms with Crippen molar-refractivity contribution < 1.29 is 19.4 Å². The molecule has 8 nitrogen and oxygen atoms in total. The van der Waals surface area contributed by atoms with Gasteiger partial charge >= 0.3 is 5.97 Å². The summed E-state index contributed by atoms with van der Waals surface area (Å²) in [6, 6.07) is 5.44. The topological polar surface area (TPSA) is 102 Å². The number of carbonyl (C=O) groups excluding carboxylic acids is 1. The van der Waals surface area contributed by atoms with Gasteiger partial charge in [-0.05, 0) is 30.4 Å². The summed E-state index contributed by atoms with van der Waals surface area (Å²) >= 11 is 0. The summed E-state index contributed by atoms with van der Waals surface area (Å²) in [5.41, 5.74) is 0.970. The molecule has 1 saturated carbocycles. The van der Waals surface area contributed by atoms with Crippen LogP contribution in [0.15, 0.2) is 23.0 Å². The predicted molar refractivity (Wildman–Crippen MR) is 96.7 cm³/mol. The van der Waals surface area contributed by atoms with Gasteiger partial charge in [0, 0.05) is 18.5 Å². The third kappa shape index (κ3) is 3.57. The largest absolute Gasteiger partial charge is 0.481 e. The Hall–Kier alpha value is -2.74. The van der Waals surface area contributed by atoms with E-state index in [0.29, 0.717) is 48.7 Å². The van der Waals surface area contributed by atoms with Crippen LogP contribution in [0.5, 0.6) is 0 Å². The summed E-state index contributed by atoms with van der Waals surface area (Å²) in [7, 11) is 0. The fourth-order valence-corrected chi connectivity index (χ4v) is 3.60. The maximum atomic E-state index is 12.9. The van der Waals surface area contributed by atoms with Gasteiger partial charge in [0.25, 0.3) is 5.56 Å². The summed E-state index contributed by atoms with van der Waals surface area (Å²) in [6.45, 7) is 1.71. The molecule has 1 saturated heterocycles. The minimum Gasteiger partial charge on any atom is -0.481 e.